The van der Waals surface area contributed by atoms with E-state index in [1.54, 1.807) is 6.92 Å². The molecule has 1 aromatic heterocycles. The lowest BCUT2D eigenvalue weighted by molar-refractivity contribution is -0.00711. The van der Waals surface area contributed by atoms with Crippen LogP contribution in [0.15, 0.2) is 36.5 Å². The second-order valence-electron chi connectivity index (χ2n) is 5.76. The summed E-state index contributed by atoms with van der Waals surface area (Å²) in [6.45, 7) is 0.325. The number of halogens is 8. The number of pyridine rings is 1. The second kappa shape index (κ2) is 10.4. The minimum Gasteiger partial charge on any atom is -0.294 e. The third kappa shape index (κ3) is 5.72. The summed E-state index contributed by atoms with van der Waals surface area (Å²) < 4.78 is 101. The fourth-order valence-electron chi connectivity index (χ4n) is 2.31. The second-order valence-corrected chi connectivity index (χ2v) is 5.76. The summed E-state index contributed by atoms with van der Waals surface area (Å²) in [6.07, 6.45) is 1.30. The molecule has 0 saturated heterocycles. The number of hydrogen-bond acceptors (Lipinski definition) is 2. The van der Waals surface area contributed by atoms with Gasteiger partial charge in [-0.2, -0.15) is 0 Å². The van der Waals surface area contributed by atoms with E-state index in [2.05, 4.69) is 21.8 Å². The lowest BCUT2D eigenvalue weighted by Gasteiger charge is -2.06. The van der Waals surface area contributed by atoms with Crippen LogP contribution in [0.5, 0.6) is 5.75 Å². The van der Waals surface area contributed by atoms with Crippen LogP contribution >= 0.6 is 0 Å². The van der Waals surface area contributed by atoms with Gasteiger partial charge in [0.15, 0.2) is 29.0 Å². The summed E-state index contributed by atoms with van der Waals surface area (Å²) in [4.78, 5) is 6.78. The van der Waals surface area contributed by atoms with Gasteiger partial charge in [-0.25, -0.2) is 30.7 Å². The smallest absolute Gasteiger partial charge is 0.194 e. The molecule has 0 atom stereocenters. The van der Waals surface area contributed by atoms with E-state index in [9.17, 15) is 35.3 Å². The molecule has 1 heterocycles. The zero-order valence-corrected chi connectivity index (χ0v) is 15.6. The first-order valence-corrected chi connectivity index (χ1v) is 8.27. The van der Waals surface area contributed by atoms with Crippen molar-refractivity contribution in [2.24, 2.45) is 0 Å². The van der Waals surface area contributed by atoms with E-state index in [-0.39, 0.29) is 11.3 Å². The maximum Gasteiger partial charge on any atom is 0.194 e. The molecular weight excluding hydrogens is 434 g/mol. The Hall–Kier alpha value is -3.61. The quantitative estimate of drug-likeness (QED) is 0.265. The summed E-state index contributed by atoms with van der Waals surface area (Å²) in [5.41, 5.74) is -0.627. The zero-order valence-electron chi connectivity index (χ0n) is 15.6. The number of alkyl halides is 1. The van der Waals surface area contributed by atoms with E-state index >= 15 is 0 Å². The van der Waals surface area contributed by atoms with Crippen LogP contribution in [0.1, 0.15) is 18.1 Å². The largest absolute Gasteiger partial charge is 0.294 e. The van der Waals surface area contributed by atoms with E-state index < -0.39 is 52.9 Å². The molecule has 162 valence electrons. The molecule has 0 unspecified atom stereocenters. The Balaban J connectivity index is 0.000000262. The Morgan fingerprint density at radius 1 is 0.839 bits per heavy atom. The maximum absolute atomic E-state index is 13.9. The van der Waals surface area contributed by atoms with Crippen molar-refractivity contribution in [1.82, 2.24) is 4.98 Å². The summed E-state index contributed by atoms with van der Waals surface area (Å²) in [7, 11) is 0. The van der Waals surface area contributed by atoms with Crippen molar-refractivity contribution in [2.75, 3.05) is 0 Å². The van der Waals surface area contributed by atoms with E-state index in [1.807, 2.05) is 0 Å². The van der Waals surface area contributed by atoms with Gasteiger partial charge >= 0.3 is 0 Å². The topological polar surface area (TPSA) is 22.1 Å². The molecule has 0 N–H and O–H groups in total. The molecule has 0 radical (unpaired) electrons. The van der Waals surface area contributed by atoms with Gasteiger partial charge < -0.3 is 0 Å². The Bertz CT molecular complexity index is 1110. The molecule has 0 saturated carbocycles. The van der Waals surface area contributed by atoms with Crippen LogP contribution in [0, 0.1) is 46.7 Å². The molecule has 31 heavy (non-hydrogen) atoms. The molecule has 0 spiro atoms. The number of nitrogens with zero attached hydrogens (tertiary/aromatic N) is 1. The monoisotopic (exact) mass is 445 g/mol. The fourth-order valence-corrected chi connectivity index (χ4v) is 2.31. The third-order valence-corrected chi connectivity index (χ3v) is 3.71. The first-order chi connectivity index (χ1) is 14.7. The highest BCUT2D eigenvalue weighted by Crippen LogP contribution is 2.26. The Kier molecular flexibility index (Phi) is 7.96. The summed E-state index contributed by atoms with van der Waals surface area (Å²) >= 11 is 0. The van der Waals surface area contributed by atoms with Crippen molar-refractivity contribution in [3.63, 3.8) is 0 Å². The molecule has 0 amide bonds. The molecule has 3 aromatic rings. The molecule has 10 heteroatoms. The Morgan fingerprint density at radius 3 is 1.87 bits per heavy atom. The molecule has 0 fully saturated rings. The van der Waals surface area contributed by atoms with Crippen LogP contribution in [0.4, 0.5) is 35.3 Å². The maximum atomic E-state index is 13.9. The average Bonchev–Trinajstić information content (AvgIpc) is 2.72. The van der Waals surface area contributed by atoms with Crippen molar-refractivity contribution in [2.45, 2.75) is 13.6 Å². The first kappa shape index (κ1) is 23.7. The molecule has 0 aliphatic rings. The van der Waals surface area contributed by atoms with Crippen LogP contribution in [0.3, 0.4) is 0 Å². The molecule has 2 aromatic carbocycles. The van der Waals surface area contributed by atoms with Crippen molar-refractivity contribution < 1.29 is 40.2 Å². The summed E-state index contributed by atoms with van der Waals surface area (Å²) in [5.74, 6) is -3.02. The minimum absolute atomic E-state index is 0.0919. The van der Waals surface area contributed by atoms with Crippen molar-refractivity contribution in [1.29, 1.82) is 0 Å². The van der Waals surface area contributed by atoms with Gasteiger partial charge in [0, 0.05) is 34.0 Å². The van der Waals surface area contributed by atoms with Gasteiger partial charge in [0.05, 0.1) is 5.56 Å². The highest BCUT2D eigenvalue weighted by molar-refractivity contribution is 5.61. The summed E-state index contributed by atoms with van der Waals surface area (Å²) in [5, 5.41) is 0. The lowest BCUT2D eigenvalue weighted by atomic mass is 10.1. The Morgan fingerprint density at radius 2 is 1.42 bits per heavy atom. The summed E-state index contributed by atoms with van der Waals surface area (Å²) in [6, 6.07) is 3.64. The van der Waals surface area contributed by atoms with Gasteiger partial charge in [0.25, 0.3) is 0 Å². The predicted octanol–water partition coefficient (Wildman–Crippen LogP) is 6.37. The Labute approximate surface area is 171 Å². The number of benzene rings is 2. The van der Waals surface area contributed by atoms with Crippen LogP contribution in [-0.4, -0.2) is 4.98 Å². The standard InChI is InChI=1S/C15H9F4N.C6H2F4O/c1-2-3-9-4-14(19)15(20-8-9)10-5-12(17)11(7-16)13(18)6-10;7-4-1-3(11-10)2-5(8)6(4)9/h4-6,8H,7H2,1H3;1-2H. The molecule has 2 nitrogen and oxygen atoms in total. The fraction of sp³-hybridized carbons (Fsp3) is 0.0952. The number of aromatic nitrogens is 1. The molecule has 0 aliphatic carbocycles. The highest BCUT2D eigenvalue weighted by atomic mass is 19.3. The molecule has 0 bridgehead atoms. The van der Waals surface area contributed by atoms with Crippen molar-refractivity contribution >= 4 is 0 Å². The van der Waals surface area contributed by atoms with Gasteiger partial charge in [-0.15, -0.1) is 5.92 Å². The van der Waals surface area contributed by atoms with Crippen molar-refractivity contribution in [3.8, 4) is 28.8 Å². The van der Waals surface area contributed by atoms with Gasteiger partial charge in [-0.05, 0) is 25.1 Å². The lowest BCUT2D eigenvalue weighted by Crippen LogP contribution is -1.97. The van der Waals surface area contributed by atoms with E-state index in [4.69, 9.17) is 0 Å². The minimum atomic E-state index is -1.65. The van der Waals surface area contributed by atoms with Gasteiger partial charge in [-0.3, -0.25) is 9.93 Å². The SMILES string of the molecule is CC#Cc1cnc(-c2cc(F)c(CF)c(F)c2)c(F)c1.FOc1cc(F)c(F)c(F)c1. The molecule has 0 aliphatic heterocycles. The van der Waals surface area contributed by atoms with Gasteiger partial charge in [0.2, 0.25) is 0 Å². The first-order valence-electron chi connectivity index (χ1n) is 8.27. The number of rotatable bonds is 3. The predicted molar refractivity (Wildman–Crippen MR) is 95.0 cm³/mol. The third-order valence-electron chi connectivity index (χ3n) is 3.71. The zero-order chi connectivity index (χ0) is 23.1. The van der Waals surface area contributed by atoms with Gasteiger partial charge in [-0.1, -0.05) is 5.92 Å². The van der Waals surface area contributed by atoms with Crippen molar-refractivity contribution in [3.05, 3.63) is 82.6 Å². The average molecular weight is 445 g/mol. The van der Waals surface area contributed by atoms with Crippen LogP contribution in [-0.2, 0) is 6.67 Å². The highest BCUT2D eigenvalue weighted by Gasteiger charge is 2.15. The molecule has 3 rings (SSSR count). The van der Waals surface area contributed by atoms with E-state index in [1.165, 1.54) is 6.20 Å². The van der Waals surface area contributed by atoms with Crippen LogP contribution in [0.25, 0.3) is 11.3 Å². The van der Waals surface area contributed by atoms with E-state index in [0.29, 0.717) is 17.7 Å². The van der Waals surface area contributed by atoms with Gasteiger partial charge in [0.1, 0.15) is 24.0 Å². The van der Waals surface area contributed by atoms with Crippen LogP contribution < -0.4 is 4.94 Å². The normalized spacial score (nSPS) is 9.97. The van der Waals surface area contributed by atoms with E-state index in [0.717, 1.165) is 18.2 Å². The molecular formula is C21H11F8NO. The number of hydrogen-bond donors (Lipinski definition) is 0. The van der Waals surface area contributed by atoms with Crippen LogP contribution in [0.2, 0.25) is 0 Å².